The Morgan fingerprint density at radius 1 is 0.727 bits per heavy atom. The van der Waals surface area contributed by atoms with Crippen molar-refractivity contribution in [2.24, 2.45) is 11.8 Å². The quantitative estimate of drug-likeness (QED) is 0.689. The van der Waals surface area contributed by atoms with E-state index >= 15 is 0 Å². The number of hydrogen-bond donors (Lipinski definition) is 2. The van der Waals surface area contributed by atoms with Crippen LogP contribution in [0.1, 0.15) is 38.5 Å². The summed E-state index contributed by atoms with van der Waals surface area (Å²) >= 11 is 0. The van der Waals surface area contributed by atoms with Crippen molar-refractivity contribution in [1.29, 1.82) is 0 Å². The molecule has 0 radical (unpaired) electrons. The molecule has 0 aromatic carbocycles. The molecule has 2 rings (SSSR count). The zero-order chi connectivity index (χ0) is 16.4. The average molecular weight is 318 g/mol. The third-order valence-corrected chi connectivity index (χ3v) is 5.74. The molecule has 4 atom stereocenters. The third-order valence-electron chi connectivity index (χ3n) is 5.74. The summed E-state index contributed by atoms with van der Waals surface area (Å²) < 4.78 is 21.8. The molecular formula is C16H30O6. The Morgan fingerprint density at radius 3 is 1.27 bits per heavy atom. The molecule has 2 fully saturated rings. The number of hydrogen-bond acceptors (Lipinski definition) is 6. The first-order valence-electron chi connectivity index (χ1n) is 8.01. The summed E-state index contributed by atoms with van der Waals surface area (Å²) in [4.78, 5) is 0. The predicted molar refractivity (Wildman–Crippen MR) is 80.2 cm³/mol. The summed E-state index contributed by atoms with van der Waals surface area (Å²) in [5, 5.41) is 21.1. The molecule has 2 aliphatic rings. The van der Waals surface area contributed by atoms with Gasteiger partial charge in [0.25, 0.3) is 0 Å². The molecule has 2 aliphatic carbocycles. The second kappa shape index (κ2) is 7.11. The van der Waals surface area contributed by atoms with E-state index in [1.807, 2.05) is 0 Å². The standard InChI is InChI=1S/C16H30O6/c1-19-15(20-2)7-5-11(9-15)13(17)14(18)12-6-8-16(10-12,21-3)22-4/h11-14,17-18H,5-10H2,1-4H3. The molecule has 6 nitrogen and oxygen atoms in total. The van der Waals surface area contributed by atoms with Crippen LogP contribution >= 0.6 is 0 Å². The summed E-state index contributed by atoms with van der Waals surface area (Å²) in [6, 6.07) is 0. The first kappa shape index (κ1) is 18.1. The number of aliphatic hydroxyl groups is 2. The fourth-order valence-corrected chi connectivity index (χ4v) is 4.07. The van der Waals surface area contributed by atoms with Crippen molar-refractivity contribution in [3.05, 3.63) is 0 Å². The van der Waals surface area contributed by atoms with Crippen molar-refractivity contribution in [3.8, 4) is 0 Å². The first-order valence-corrected chi connectivity index (χ1v) is 8.01. The van der Waals surface area contributed by atoms with Gasteiger partial charge in [-0.1, -0.05) is 0 Å². The van der Waals surface area contributed by atoms with Crippen LogP contribution in [-0.2, 0) is 18.9 Å². The predicted octanol–water partition coefficient (Wildman–Crippen LogP) is 1.29. The van der Waals surface area contributed by atoms with E-state index in [4.69, 9.17) is 18.9 Å². The van der Waals surface area contributed by atoms with Gasteiger partial charge in [0.15, 0.2) is 11.6 Å². The molecule has 0 aromatic rings. The SMILES string of the molecule is COC1(OC)CCC(C(O)C(O)C2CCC(OC)(OC)C2)C1. The molecule has 6 heteroatoms. The minimum absolute atomic E-state index is 0.0185. The zero-order valence-electron chi connectivity index (χ0n) is 14.1. The van der Waals surface area contributed by atoms with Crippen molar-refractivity contribution in [2.45, 2.75) is 62.3 Å². The van der Waals surface area contributed by atoms with Gasteiger partial charge in [-0.05, 0) is 24.7 Å². The molecule has 2 N–H and O–H groups in total. The molecule has 130 valence electrons. The highest BCUT2D eigenvalue weighted by Gasteiger charge is 2.48. The van der Waals surface area contributed by atoms with Gasteiger partial charge in [-0.3, -0.25) is 0 Å². The second-order valence-electron chi connectivity index (χ2n) is 6.62. The number of aliphatic hydroxyl groups excluding tert-OH is 2. The maximum Gasteiger partial charge on any atom is 0.167 e. The van der Waals surface area contributed by atoms with Crippen molar-refractivity contribution in [1.82, 2.24) is 0 Å². The number of methoxy groups -OCH3 is 4. The van der Waals surface area contributed by atoms with Gasteiger partial charge in [-0.2, -0.15) is 0 Å². The van der Waals surface area contributed by atoms with E-state index < -0.39 is 23.8 Å². The Morgan fingerprint density at radius 2 is 1.05 bits per heavy atom. The van der Waals surface area contributed by atoms with Crippen LogP contribution in [0.3, 0.4) is 0 Å². The maximum absolute atomic E-state index is 10.6. The fraction of sp³-hybridized carbons (Fsp3) is 1.00. The van der Waals surface area contributed by atoms with E-state index in [2.05, 4.69) is 0 Å². The monoisotopic (exact) mass is 318 g/mol. The van der Waals surface area contributed by atoms with Crippen molar-refractivity contribution >= 4 is 0 Å². The van der Waals surface area contributed by atoms with Crippen LogP contribution in [0.25, 0.3) is 0 Å². The van der Waals surface area contributed by atoms with Crippen LogP contribution in [0.15, 0.2) is 0 Å². The van der Waals surface area contributed by atoms with Crippen LogP contribution < -0.4 is 0 Å². The van der Waals surface area contributed by atoms with Crippen LogP contribution in [-0.4, -0.2) is 62.4 Å². The van der Waals surface area contributed by atoms with E-state index in [1.165, 1.54) is 0 Å². The lowest BCUT2D eigenvalue weighted by molar-refractivity contribution is -0.208. The van der Waals surface area contributed by atoms with Crippen molar-refractivity contribution in [2.75, 3.05) is 28.4 Å². The molecule has 4 unspecified atom stereocenters. The highest BCUT2D eigenvalue weighted by Crippen LogP contribution is 2.44. The van der Waals surface area contributed by atoms with Gasteiger partial charge in [0.05, 0.1) is 12.2 Å². The second-order valence-corrected chi connectivity index (χ2v) is 6.62. The van der Waals surface area contributed by atoms with Crippen LogP contribution in [0.4, 0.5) is 0 Å². The van der Waals surface area contributed by atoms with Crippen molar-refractivity contribution < 1.29 is 29.2 Å². The molecule has 0 spiro atoms. The molecule has 0 saturated heterocycles. The number of rotatable bonds is 7. The maximum atomic E-state index is 10.6. The highest BCUT2D eigenvalue weighted by molar-refractivity contribution is 4.94. The Hall–Kier alpha value is -0.240. The fourth-order valence-electron chi connectivity index (χ4n) is 4.07. The molecule has 0 aliphatic heterocycles. The van der Waals surface area contributed by atoms with E-state index in [-0.39, 0.29) is 11.8 Å². The average Bonchev–Trinajstić information content (AvgIpc) is 3.19. The van der Waals surface area contributed by atoms with Crippen LogP contribution in [0.2, 0.25) is 0 Å². The molecule has 0 aromatic heterocycles. The topological polar surface area (TPSA) is 77.4 Å². The van der Waals surface area contributed by atoms with Gasteiger partial charge in [0, 0.05) is 54.1 Å². The Balaban J connectivity index is 1.95. The summed E-state index contributed by atoms with van der Waals surface area (Å²) in [6.45, 7) is 0. The lowest BCUT2D eigenvalue weighted by atomic mass is 9.87. The summed E-state index contributed by atoms with van der Waals surface area (Å²) in [6.07, 6.45) is 2.69. The van der Waals surface area contributed by atoms with Gasteiger partial charge < -0.3 is 29.2 Å². The largest absolute Gasteiger partial charge is 0.390 e. The van der Waals surface area contributed by atoms with E-state index in [1.54, 1.807) is 28.4 Å². The molecule has 2 saturated carbocycles. The van der Waals surface area contributed by atoms with E-state index in [9.17, 15) is 10.2 Å². The molecule has 0 amide bonds. The van der Waals surface area contributed by atoms with Crippen molar-refractivity contribution in [3.63, 3.8) is 0 Å². The van der Waals surface area contributed by atoms with Crippen LogP contribution in [0, 0.1) is 11.8 Å². The molecular weight excluding hydrogens is 288 g/mol. The minimum atomic E-state index is -0.776. The zero-order valence-corrected chi connectivity index (χ0v) is 14.1. The van der Waals surface area contributed by atoms with Gasteiger partial charge in [-0.15, -0.1) is 0 Å². The summed E-state index contributed by atoms with van der Waals surface area (Å²) in [5.74, 6) is -1.28. The first-order chi connectivity index (χ1) is 10.4. The Kier molecular flexibility index (Phi) is 5.85. The lowest BCUT2D eigenvalue weighted by Gasteiger charge is -2.31. The summed E-state index contributed by atoms with van der Waals surface area (Å²) in [5.41, 5.74) is 0. The van der Waals surface area contributed by atoms with E-state index in [0.717, 1.165) is 25.7 Å². The van der Waals surface area contributed by atoms with Gasteiger partial charge in [0.2, 0.25) is 0 Å². The molecule has 0 bridgehead atoms. The van der Waals surface area contributed by atoms with Gasteiger partial charge in [-0.25, -0.2) is 0 Å². The Labute approximate surface area is 132 Å². The number of ether oxygens (including phenoxy) is 4. The lowest BCUT2D eigenvalue weighted by Crippen LogP contribution is -2.40. The Bertz CT molecular complexity index is 319. The minimum Gasteiger partial charge on any atom is -0.390 e. The molecule has 22 heavy (non-hydrogen) atoms. The van der Waals surface area contributed by atoms with E-state index in [0.29, 0.717) is 12.8 Å². The molecule has 0 heterocycles. The van der Waals surface area contributed by atoms with Gasteiger partial charge >= 0.3 is 0 Å². The summed E-state index contributed by atoms with van der Waals surface area (Å²) in [7, 11) is 6.49. The third kappa shape index (κ3) is 3.32. The normalized spacial score (nSPS) is 33.0. The van der Waals surface area contributed by atoms with Gasteiger partial charge in [0.1, 0.15) is 0 Å². The van der Waals surface area contributed by atoms with Crippen LogP contribution in [0.5, 0.6) is 0 Å². The smallest absolute Gasteiger partial charge is 0.167 e. The highest BCUT2D eigenvalue weighted by atomic mass is 16.7.